The van der Waals surface area contributed by atoms with Crippen LogP contribution in [0.15, 0.2) is 71.9 Å². The van der Waals surface area contributed by atoms with Gasteiger partial charge in [0.1, 0.15) is 0 Å². The van der Waals surface area contributed by atoms with E-state index in [1.54, 1.807) is 0 Å². The minimum absolute atomic E-state index is 0.963. The Bertz CT molecular complexity index is 651. The van der Waals surface area contributed by atoms with E-state index >= 15 is 0 Å². The summed E-state index contributed by atoms with van der Waals surface area (Å²) in [6, 6.07) is 20.3. The quantitative estimate of drug-likeness (QED) is 0.461. The molecule has 0 spiro atoms. The zero-order chi connectivity index (χ0) is 11.5. The van der Waals surface area contributed by atoms with E-state index in [0.29, 0.717) is 0 Å². The second kappa shape index (κ2) is 4.26. The lowest BCUT2D eigenvalue weighted by Crippen LogP contribution is -1.91. The zero-order valence-corrected chi connectivity index (χ0v) is 9.32. The van der Waals surface area contributed by atoms with Gasteiger partial charge in [-0.15, -0.1) is 0 Å². The highest BCUT2D eigenvalue weighted by Gasteiger charge is 1.96. The van der Waals surface area contributed by atoms with E-state index in [2.05, 4.69) is 23.2 Å². The van der Waals surface area contributed by atoms with Crippen LogP contribution in [0.3, 0.4) is 0 Å². The molecule has 0 unspecified atom stereocenters. The summed E-state index contributed by atoms with van der Waals surface area (Å²) in [5.41, 5.74) is 2.14. The smallest absolute Gasteiger partial charge is 0.0998 e. The molecule has 17 heavy (non-hydrogen) atoms. The fourth-order valence-corrected chi connectivity index (χ4v) is 1.85. The lowest BCUT2D eigenvalue weighted by atomic mass is 10.2. The van der Waals surface area contributed by atoms with Crippen molar-refractivity contribution in [3.05, 3.63) is 66.9 Å². The minimum atomic E-state index is 0.963. The predicted molar refractivity (Wildman–Crippen MR) is 71.9 cm³/mol. The van der Waals surface area contributed by atoms with Gasteiger partial charge in [-0.2, -0.15) is 0 Å². The summed E-state index contributed by atoms with van der Waals surface area (Å²) in [5, 5.41) is 1.23. The standard InChI is InChI=1S/C15H12N2/c1-2-7-14(8-3-1)16-12-17-11-10-13-6-4-5-9-15(13)17/h1-12H. The van der Waals surface area contributed by atoms with Gasteiger partial charge in [-0.05, 0) is 29.7 Å². The van der Waals surface area contributed by atoms with Gasteiger partial charge in [-0.3, -0.25) is 0 Å². The summed E-state index contributed by atoms with van der Waals surface area (Å²) >= 11 is 0. The van der Waals surface area contributed by atoms with Gasteiger partial charge in [0.25, 0.3) is 0 Å². The van der Waals surface area contributed by atoms with Gasteiger partial charge in [-0.1, -0.05) is 36.4 Å². The van der Waals surface area contributed by atoms with Crippen LogP contribution in [0, 0.1) is 0 Å². The number of fused-ring (bicyclic) bond motifs is 1. The SMILES string of the molecule is C(=Nc1ccccc1)n1ccc2ccccc21. The van der Waals surface area contributed by atoms with E-state index in [0.717, 1.165) is 5.69 Å². The Balaban J connectivity index is 1.98. The van der Waals surface area contributed by atoms with Gasteiger partial charge >= 0.3 is 0 Å². The van der Waals surface area contributed by atoms with Crippen LogP contribution in [0.25, 0.3) is 10.9 Å². The van der Waals surface area contributed by atoms with Crippen molar-refractivity contribution in [2.75, 3.05) is 0 Å². The van der Waals surface area contributed by atoms with E-state index in [-0.39, 0.29) is 0 Å². The maximum atomic E-state index is 4.44. The first kappa shape index (κ1) is 9.85. The number of hydrogen-bond acceptors (Lipinski definition) is 1. The Morgan fingerprint density at radius 3 is 2.47 bits per heavy atom. The number of nitrogens with zero attached hydrogens (tertiary/aromatic N) is 2. The van der Waals surface area contributed by atoms with Gasteiger partial charge in [0.15, 0.2) is 0 Å². The van der Waals surface area contributed by atoms with Crippen molar-refractivity contribution >= 4 is 22.9 Å². The molecule has 3 rings (SSSR count). The first-order valence-corrected chi connectivity index (χ1v) is 5.58. The number of benzene rings is 2. The van der Waals surface area contributed by atoms with Crippen molar-refractivity contribution < 1.29 is 0 Å². The molecule has 1 aromatic heterocycles. The number of hydrogen-bond donors (Lipinski definition) is 0. The van der Waals surface area contributed by atoms with Crippen molar-refractivity contribution in [3.63, 3.8) is 0 Å². The first-order valence-electron chi connectivity index (χ1n) is 5.58. The molecule has 0 radical (unpaired) electrons. The molecule has 2 heteroatoms. The third kappa shape index (κ3) is 1.97. The average molecular weight is 220 g/mol. The Morgan fingerprint density at radius 1 is 0.824 bits per heavy atom. The summed E-state index contributed by atoms with van der Waals surface area (Å²) in [6.45, 7) is 0. The molecule has 0 saturated heterocycles. The maximum absolute atomic E-state index is 4.44. The fraction of sp³-hybridized carbons (Fsp3) is 0. The van der Waals surface area contributed by atoms with Gasteiger partial charge in [-0.25, -0.2) is 4.99 Å². The third-order valence-corrected chi connectivity index (χ3v) is 2.72. The molecule has 0 aliphatic heterocycles. The van der Waals surface area contributed by atoms with E-state index in [1.165, 1.54) is 10.9 Å². The second-order valence-electron chi connectivity index (χ2n) is 3.86. The van der Waals surface area contributed by atoms with Crippen molar-refractivity contribution in [3.8, 4) is 0 Å². The molecule has 0 aliphatic carbocycles. The number of para-hydroxylation sites is 2. The fourth-order valence-electron chi connectivity index (χ4n) is 1.85. The third-order valence-electron chi connectivity index (χ3n) is 2.72. The van der Waals surface area contributed by atoms with E-state index in [9.17, 15) is 0 Å². The highest BCUT2D eigenvalue weighted by Crippen LogP contribution is 2.14. The van der Waals surface area contributed by atoms with Crippen molar-refractivity contribution in [2.24, 2.45) is 4.99 Å². The van der Waals surface area contributed by atoms with Crippen LogP contribution in [-0.4, -0.2) is 10.9 Å². The summed E-state index contributed by atoms with van der Waals surface area (Å²) in [4.78, 5) is 4.44. The molecule has 1 heterocycles. The Kier molecular flexibility index (Phi) is 2.47. The van der Waals surface area contributed by atoms with Crippen LogP contribution in [0.4, 0.5) is 5.69 Å². The molecule has 0 amide bonds. The molecule has 0 atom stereocenters. The minimum Gasteiger partial charge on any atom is -0.307 e. The highest BCUT2D eigenvalue weighted by atomic mass is 15.0. The molecule has 0 bridgehead atoms. The number of aliphatic imine (C=N–C) groups is 1. The summed E-state index contributed by atoms with van der Waals surface area (Å²) in [7, 11) is 0. The van der Waals surface area contributed by atoms with Gasteiger partial charge < -0.3 is 4.57 Å². The molecule has 0 saturated carbocycles. The molecule has 3 aromatic rings. The van der Waals surface area contributed by atoms with E-state index in [1.807, 2.05) is 59.6 Å². The van der Waals surface area contributed by atoms with Gasteiger partial charge in [0.05, 0.1) is 17.5 Å². The maximum Gasteiger partial charge on any atom is 0.0998 e. The van der Waals surface area contributed by atoms with Crippen LogP contribution in [-0.2, 0) is 0 Å². The molecule has 0 aliphatic rings. The molecule has 2 aromatic carbocycles. The van der Waals surface area contributed by atoms with Crippen LogP contribution in [0.1, 0.15) is 0 Å². The van der Waals surface area contributed by atoms with Crippen LogP contribution in [0.5, 0.6) is 0 Å². The Morgan fingerprint density at radius 2 is 1.59 bits per heavy atom. The molecule has 82 valence electrons. The lowest BCUT2D eigenvalue weighted by molar-refractivity contribution is 1.25. The molecule has 0 N–H and O–H groups in total. The lowest BCUT2D eigenvalue weighted by Gasteiger charge is -1.97. The number of rotatable bonds is 2. The first-order chi connectivity index (χ1) is 8.43. The van der Waals surface area contributed by atoms with E-state index < -0.39 is 0 Å². The molecular weight excluding hydrogens is 208 g/mol. The van der Waals surface area contributed by atoms with Crippen LogP contribution in [0.2, 0.25) is 0 Å². The van der Waals surface area contributed by atoms with E-state index in [4.69, 9.17) is 0 Å². The normalized spacial score (nSPS) is 11.3. The summed E-state index contributed by atoms with van der Waals surface area (Å²) in [5.74, 6) is 0. The van der Waals surface area contributed by atoms with Crippen LogP contribution < -0.4 is 0 Å². The zero-order valence-electron chi connectivity index (χ0n) is 9.32. The summed E-state index contributed by atoms with van der Waals surface area (Å²) in [6.07, 6.45) is 3.87. The second-order valence-corrected chi connectivity index (χ2v) is 3.86. The number of aromatic nitrogens is 1. The molecule has 0 fully saturated rings. The summed E-state index contributed by atoms with van der Waals surface area (Å²) < 4.78 is 2.03. The highest BCUT2D eigenvalue weighted by molar-refractivity contribution is 5.86. The molecular formula is C15H12N2. The Hall–Kier alpha value is -2.35. The topological polar surface area (TPSA) is 17.3 Å². The van der Waals surface area contributed by atoms with Crippen molar-refractivity contribution in [2.45, 2.75) is 0 Å². The van der Waals surface area contributed by atoms with Crippen molar-refractivity contribution in [1.82, 2.24) is 4.57 Å². The Labute approximate surface area is 99.8 Å². The monoisotopic (exact) mass is 220 g/mol. The van der Waals surface area contributed by atoms with Crippen LogP contribution >= 0.6 is 0 Å². The predicted octanol–water partition coefficient (Wildman–Crippen LogP) is 3.85. The largest absolute Gasteiger partial charge is 0.307 e. The van der Waals surface area contributed by atoms with Gasteiger partial charge in [0, 0.05) is 6.20 Å². The van der Waals surface area contributed by atoms with Gasteiger partial charge in [0.2, 0.25) is 0 Å². The molecule has 2 nitrogen and oxygen atoms in total. The average Bonchev–Trinajstić information content (AvgIpc) is 2.81. The van der Waals surface area contributed by atoms with Crippen molar-refractivity contribution in [1.29, 1.82) is 0 Å².